The molecule has 1 atom stereocenters. The third-order valence-corrected chi connectivity index (χ3v) is 5.88. The van der Waals surface area contributed by atoms with Crippen LogP contribution in [0.15, 0.2) is 35.1 Å². The first kappa shape index (κ1) is 23.3. The molecule has 0 saturated carbocycles. The van der Waals surface area contributed by atoms with Crippen LogP contribution in [0.5, 0.6) is 0 Å². The highest BCUT2D eigenvalue weighted by molar-refractivity contribution is 5.98. The number of amides is 1. The number of likely N-dealkylation sites (tertiary alicyclic amines) is 1. The van der Waals surface area contributed by atoms with Crippen LogP contribution in [0.1, 0.15) is 60.8 Å². The molecule has 1 N–H and O–H groups in total. The highest BCUT2D eigenvalue weighted by Gasteiger charge is 2.32. The van der Waals surface area contributed by atoms with Crippen molar-refractivity contribution in [3.8, 4) is 0 Å². The summed E-state index contributed by atoms with van der Waals surface area (Å²) in [5.41, 5.74) is 0.803. The van der Waals surface area contributed by atoms with E-state index in [1.54, 1.807) is 0 Å². The second kappa shape index (κ2) is 9.03. The number of para-hydroxylation sites is 1. The Morgan fingerprint density at radius 2 is 1.81 bits per heavy atom. The molecule has 1 aromatic heterocycles. The van der Waals surface area contributed by atoms with E-state index in [9.17, 15) is 9.59 Å². The SMILES string of the molecule is CC(C)(C)OC(=O)Nc1cc(=O)n(CCN2CCCCC2C(C)(C)C)c2ccccc12. The summed E-state index contributed by atoms with van der Waals surface area (Å²) in [4.78, 5) is 27.8. The predicted octanol–water partition coefficient (Wildman–Crippen LogP) is 5.25. The molecule has 2 heterocycles. The van der Waals surface area contributed by atoms with Gasteiger partial charge in [0.2, 0.25) is 0 Å². The Kier molecular flexibility index (Phi) is 6.79. The second-order valence-electron chi connectivity index (χ2n) is 10.6. The molecule has 3 rings (SSSR count). The zero-order valence-corrected chi connectivity index (χ0v) is 19.8. The van der Waals surface area contributed by atoms with E-state index in [1.165, 1.54) is 25.3 Å². The molecule has 1 aliphatic heterocycles. The number of ether oxygens (including phenoxy) is 1. The minimum absolute atomic E-state index is 0.117. The standard InChI is InChI=1S/C25H37N3O3/c1-24(2,3)21-13-9-10-14-27(21)15-16-28-20-12-8-7-11-18(20)19(17-22(28)29)26-23(30)31-25(4,5)6/h7-8,11-12,17,21H,9-10,13-16H2,1-6H3,(H,26,30). The third kappa shape index (κ3) is 5.88. The minimum Gasteiger partial charge on any atom is -0.444 e. The van der Waals surface area contributed by atoms with Gasteiger partial charge in [0.05, 0.1) is 11.2 Å². The molecular formula is C25H37N3O3. The number of carbonyl (C=O) groups excluding carboxylic acids is 1. The molecule has 1 fully saturated rings. The van der Waals surface area contributed by atoms with Gasteiger partial charge in [0.15, 0.2) is 0 Å². The smallest absolute Gasteiger partial charge is 0.412 e. The summed E-state index contributed by atoms with van der Waals surface area (Å²) in [6.45, 7) is 14.9. The molecule has 6 heteroatoms. The van der Waals surface area contributed by atoms with Gasteiger partial charge in [-0.1, -0.05) is 45.4 Å². The van der Waals surface area contributed by atoms with Crippen molar-refractivity contribution in [1.82, 2.24) is 9.47 Å². The van der Waals surface area contributed by atoms with Crippen molar-refractivity contribution in [2.75, 3.05) is 18.4 Å². The number of carbonyl (C=O) groups is 1. The fourth-order valence-corrected chi connectivity index (χ4v) is 4.55. The van der Waals surface area contributed by atoms with E-state index in [0.717, 1.165) is 24.0 Å². The van der Waals surface area contributed by atoms with E-state index in [1.807, 2.05) is 49.6 Å². The Morgan fingerprint density at radius 3 is 2.48 bits per heavy atom. The Labute approximate surface area is 185 Å². The average molecular weight is 428 g/mol. The molecule has 170 valence electrons. The highest BCUT2D eigenvalue weighted by Crippen LogP contribution is 2.32. The van der Waals surface area contributed by atoms with Crippen molar-refractivity contribution in [2.24, 2.45) is 5.41 Å². The number of anilines is 1. The van der Waals surface area contributed by atoms with Gasteiger partial charge in [-0.25, -0.2) is 4.79 Å². The van der Waals surface area contributed by atoms with Gasteiger partial charge < -0.3 is 9.30 Å². The highest BCUT2D eigenvalue weighted by atomic mass is 16.6. The summed E-state index contributed by atoms with van der Waals surface area (Å²) in [7, 11) is 0. The van der Waals surface area contributed by atoms with Crippen molar-refractivity contribution in [2.45, 2.75) is 79.0 Å². The number of benzene rings is 1. The normalized spacial score (nSPS) is 18.2. The first-order chi connectivity index (χ1) is 14.5. The minimum atomic E-state index is -0.604. The molecule has 1 aromatic carbocycles. The number of aromatic nitrogens is 1. The first-order valence-corrected chi connectivity index (χ1v) is 11.3. The van der Waals surface area contributed by atoms with Gasteiger partial charge in [-0.15, -0.1) is 0 Å². The number of rotatable bonds is 4. The van der Waals surface area contributed by atoms with E-state index in [2.05, 4.69) is 31.0 Å². The molecule has 0 radical (unpaired) electrons. The van der Waals surface area contributed by atoms with Crippen LogP contribution >= 0.6 is 0 Å². The van der Waals surface area contributed by atoms with E-state index in [-0.39, 0.29) is 11.0 Å². The quantitative estimate of drug-likeness (QED) is 0.724. The van der Waals surface area contributed by atoms with Crippen molar-refractivity contribution < 1.29 is 9.53 Å². The fourth-order valence-electron chi connectivity index (χ4n) is 4.55. The maximum Gasteiger partial charge on any atom is 0.412 e. The molecule has 1 aliphatic rings. The molecule has 31 heavy (non-hydrogen) atoms. The van der Waals surface area contributed by atoms with Gasteiger partial charge in [0.25, 0.3) is 5.56 Å². The largest absolute Gasteiger partial charge is 0.444 e. The molecule has 1 amide bonds. The van der Waals surface area contributed by atoms with E-state index < -0.39 is 11.7 Å². The topological polar surface area (TPSA) is 63.6 Å². The van der Waals surface area contributed by atoms with Crippen LogP contribution in [-0.2, 0) is 11.3 Å². The zero-order valence-electron chi connectivity index (χ0n) is 19.8. The lowest BCUT2D eigenvalue weighted by Gasteiger charge is -2.43. The second-order valence-corrected chi connectivity index (χ2v) is 10.6. The summed E-state index contributed by atoms with van der Waals surface area (Å²) in [6, 6.07) is 9.73. The maximum atomic E-state index is 13.0. The van der Waals surface area contributed by atoms with Crippen LogP contribution in [0.4, 0.5) is 10.5 Å². The Hall–Kier alpha value is -2.34. The number of nitrogens with one attached hydrogen (secondary N) is 1. The molecule has 1 unspecified atom stereocenters. The van der Waals surface area contributed by atoms with Gasteiger partial charge in [0.1, 0.15) is 5.60 Å². The van der Waals surface area contributed by atoms with E-state index in [0.29, 0.717) is 18.3 Å². The van der Waals surface area contributed by atoms with E-state index >= 15 is 0 Å². The summed E-state index contributed by atoms with van der Waals surface area (Å²) in [5, 5.41) is 3.59. The summed E-state index contributed by atoms with van der Waals surface area (Å²) in [6.07, 6.45) is 3.13. The van der Waals surface area contributed by atoms with Crippen LogP contribution in [0, 0.1) is 5.41 Å². The lowest BCUT2D eigenvalue weighted by molar-refractivity contribution is 0.0610. The van der Waals surface area contributed by atoms with Crippen molar-refractivity contribution in [3.05, 3.63) is 40.7 Å². The van der Waals surface area contributed by atoms with E-state index in [4.69, 9.17) is 4.74 Å². The third-order valence-electron chi connectivity index (χ3n) is 5.88. The van der Waals surface area contributed by atoms with Crippen LogP contribution in [0.3, 0.4) is 0 Å². The van der Waals surface area contributed by atoms with Crippen molar-refractivity contribution in [1.29, 1.82) is 0 Å². The number of hydrogen-bond acceptors (Lipinski definition) is 4. The van der Waals surface area contributed by atoms with Crippen molar-refractivity contribution >= 4 is 22.7 Å². The Balaban J connectivity index is 1.86. The summed E-state index contributed by atoms with van der Waals surface area (Å²) >= 11 is 0. The number of fused-ring (bicyclic) bond motifs is 1. The van der Waals surface area contributed by atoms with Crippen LogP contribution in [0.25, 0.3) is 10.9 Å². The number of piperidine rings is 1. The van der Waals surface area contributed by atoms with Gasteiger partial charge in [-0.3, -0.25) is 15.0 Å². The maximum absolute atomic E-state index is 13.0. The van der Waals surface area contributed by atoms with Gasteiger partial charge in [0, 0.05) is 30.6 Å². The Morgan fingerprint density at radius 1 is 1.10 bits per heavy atom. The first-order valence-electron chi connectivity index (χ1n) is 11.3. The molecule has 6 nitrogen and oxygen atoms in total. The van der Waals surface area contributed by atoms with Crippen LogP contribution in [-0.4, -0.2) is 40.3 Å². The monoisotopic (exact) mass is 427 g/mol. The lowest BCUT2D eigenvalue weighted by atomic mass is 9.80. The Bertz CT molecular complexity index is 982. The van der Waals surface area contributed by atoms with Gasteiger partial charge >= 0.3 is 6.09 Å². The molecule has 0 bridgehead atoms. The average Bonchev–Trinajstić information content (AvgIpc) is 2.65. The molecule has 0 aliphatic carbocycles. The van der Waals surface area contributed by atoms with Gasteiger partial charge in [-0.05, 0) is 51.6 Å². The molecular weight excluding hydrogens is 390 g/mol. The van der Waals surface area contributed by atoms with Crippen molar-refractivity contribution in [3.63, 3.8) is 0 Å². The lowest BCUT2D eigenvalue weighted by Crippen LogP contribution is -2.48. The summed E-state index contributed by atoms with van der Waals surface area (Å²) < 4.78 is 7.19. The number of nitrogens with zero attached hydrogens (tertiary/aromatic N) is 2. The molecule has 1 saturated heterocycles. The van der Waals surface area contributed by atoms with Crippen LogP contribution in [0.2, 0.25) is 0 Å². The fraction of sp³-hybridized carbons (Fsp3) is 0.600. The molecule has 2 aromatic rings. The van der Waals surface area contributed by atoms with Crippen LogP contribution < -0.4 is 10.9 Å². The predicted molar refractivity (Wildman–Crippen MR) is 127 cm³/mol. The number of hydrogen-bond donors (Lipinski definition) is 1. The summed E-state index contributed by atoms with van der Waals surface area (Å²) in [5.74, 6) is 0. The number of pyridine rings is 1. The molecule has 0 spiro atoms. The van der Waals surface area contributed by atoms with Gasteiger partial charge in [-0.2, -0.15) is 0 Å². The zero-order chi connectivity index (χ0) is 22.8.